The first-order chi connectivity index (χ1) is 5.43. The number of rotatable bonds is 4. The molecule has 0 aromatic heterocycles. The van der Waals surface area contributed by atoms with Gasteiger partial charge in [-0.15, -0.1) is 0 Å². The highest BCUT2D eigenvalue weighted by atomic mass is 14.9. The molecule has 0 atom stereocenters. The highest BCUT2D eigenvalue weighted by Crippen LogP contribution is 2.16. The predicted octanol–water partition coefficient (Wildman–Crippen LogP) is 2.52. The van der Waals surface area contributed by atoms with Crippen LogP contribution in [0.1, 0.15) is 45.4 Å². The fourth-order valence-electron chi connectivity index (χ4n) is 1.61. The lowest BCUT2D eigenvalue weighted by Gasteiger charge is -2.22. The van der Waals surface area contributed by atoms with E-state index >= 15 is 0 Å². The van der Waals surface area contributed by atoms with Crippen LogP contribution in [0.3, 0.4) is 0 Å². The van der Waals surface area contributed by atoms with Crippen molar-refractivity contribution in [1.82, 2.24) is 5.32 Å². The second-order valence-corrected chi connectivity index (χ2v) is 3.45. The van der Waals surface area contributed by atoms with Crippen molar-refractivity contribution in [3.05, 3.63) is 6.42 Å². The molecule has 1 aliphatic carbocycles. The van der Waals surface area contributed by atoms with Gasteiger partial charge in [0.15, 0.2) is 0 Å². The van der Waals surface area contributed by atoms with E-state index in [4.69, 9.17) is 0 Å². The van der Waals surface area contributed by atoms with E-state index in [2.05, 4.69) is 18.7 Å². The molecule has 1 fully saturated rings. The largest absolute Gasteiger partial charge is 0.314 e. The third kappa shape index (κ3) is 3.76. The maximum Gasteiger partial charge on any atom is 0.00672 e. The predicted molar refractivity (Wildman–Crippen MR) is 49.5 cm³/mol. The third-order valence-corrected chi connectivity index (χ3v) is 2.40. The minimum absolute atomic E-state index is 0.826. The minimum Gasteiger partial charge on any atom is -0.314 e. The SMILES string of the molecule is CCCCNC1CC[CH]CC1. The molecule has 0 saturated heterocycles. The van der Waals surface area contributed by atoms with Crippen LogP contribution < -0.4 is 5.32 Å². The zero-order valence-corrected chi connectivity index (χ0v) is 7.60. The molecule has 1 radical (unpaired) electrons. The van der Waals surface area contributed by atoms with Gasteiger partial charge in [-0.25, -0.2) is 0 Å². The van der Waals surface area contributed by atoms with Crippen molar-refractivity contribution in [2.24, 2.45) is 0 Å². The summed E-state index contributed by atoms with van der Waals surface area (Å²) in [5.74, 6) is 0. The molecule has 1 aliphatic rings. The number of unbranched alkanes of at least 4 members (excludes halogenated alkanes) is 1. The van der Waals surface area contributed by atoms with E-state index in [0.717, 1.165) is 6.04 Å². The van der Waals surface area contributed by atoms with Gasteiger partial charge in [0.05, 0.1) is 0 Å². The van der Waals surface area contributed by atoms with Crippen LogP contribution in [-0.2, 0) is 0 Å². The highest BCUT2D eigenvalue weighted by Gasteiger charge is 2.11. The monoisotopic (exact) mass is 154 g/mol. The highest BCUT2D eigenvalue weighted by molar-refractivity contribution is 4.80. The Morgan fingerprint density at radius 1 is 1.36 bits per heavy atom. The van der Waals surface area contributed by atoms with E-state index in [1.54, 1.807) is 0 Å². The molecule has 1 rings (SSSR count). The first kappa shape index (κ1) is 9.05. The van der Waals surface area contributed by atoms with Gasteiger partial charge < -0.3 is 5.32 Å². The van der Waals surface area contributed by atoms with Crippen LogP contribution in [0.2, 0.25) is 0 Å². The van der Waals surface area contributed by atoms with E-state index in [9.17, 15) is 0 Å². The van der Waals surface area contributed by atoms with E-state index in [1.807, 2.05) is 0 Å². The second-order valence-electron chi connectivity index (χ2n) is 3.45. The second kappa shape index (κ2) is 5.59. The molecule has 0 aromatic rings. The Morgan fingerprint density at radius 3 is 2.73 bits per heavy atom. The molecule has 1 heteroatoms. The lowest BCUT2D eigenvalue weighted by Crippen LogP contribution is -2.31. The summed E-state index contributed by atoms with van der Waals surface area (Å²) >= 11 is 0. The molecule has 1 saturated carbocycles. The Balaban J connectivity index is 1.96. The average Bonchev–Trinajstić information content (AvgIpc) is 2.07. The molecule has 0 aromatic carbocycles. The van der Waals surface area contributed by atoms with Crippen LogP contribution >= 0.6 is 0 Å². The summed E-state index contributed by atoms with van der Waals surface area (Å²) in [4.78, 5) is 0. The molecule has 65 valence electrons. The molecule has 0 spiro atoms. The normalized spacial score (nSPS) is 20.5. The molecule has 0 aliphatic heterocycles. The Morgan fingerprint density at radius 2 is 2.09 bits per heavy atom. The van der Waals surface area contributed by atoms with Gasteiger partial charge in [0.2, 0.25) is 0 Å². The van der Waals surface area contributed by atoms with Crippen molar-refractivity contribution in [1.29, 1.82) is 0 Å². The number of hydrogen-bond donors (Lipinski definition) is 1. The fourth-order valence-corrected chi connectivity index (χ4v) is 1.61. The van der Waals surface area contributed by atoms with Gasteiger partial charge in [-0.05, 0) is 45.1 Å². The zero-order valence-electron chi connectivity index (χ0n) is 7.60. The summed E-state index contributed by atoms with van der Waals surface area (Å²) in [6.45, 7) is 3.47. The maximum absolute atomic E-state index is 3.60. The van der Waals surface area contributed by atoms with Crippen molar-refractivity contribution < 1.29 is 0 Å². The average molecular weight is 154 g/mol. The van der Waals surface area contributed by atoms with Crippen LogP contribution in [0, 0.1) is 6.42 Å². The van der Waals surface area contributed by atoms with Crippen LogP contribution in [0.5, 0.6) is 0 Å². The lowest BCUT2D eigenvalue weighted by atomic mass is 9.95. The summed E-state index contributed by atoms with van der Waals surface area (Å²) in [6, 6.07) is 0.826. The quantitative estimate of drug-likeness (QED) is 0.613. The Hall–Kier alpha value is -0.0400. The Labute approximate surface area is 70.6 Å². The van der Waals surface area contributed by atoms with Gasteiger partial charge in [0, 0.05) is 6.04 Å². The lowest BCUT2D eigenvalue weighted by molar-refractivity contribution is 0.412. The maximum atomic E-state index is 3.60. The van der Waals surface area contributed by atoms with Gasteiger partial charge in [0.25, 0.3) is 0 Å². The fraction of sp³-hybridized carbons (Fsp3) is 0.900. The van der Waals surface area contributed by atoms with Crippen molar-refractivity contribution in [3.63, 3.8) is 0 Å². The zero-order chi connectivity index (χ0) is 7.94. The van der Waals surface area contributed by atoms with Gasteiger partial charge in [-0.3, -0.25) is 0 Å². The Bertz CT molecular complexity index is 84.9. The van der Waals surface area contributed by atoms with E-state index in [1.165, 1.54) is 45.1 Å². The standard InChI is InChI=1S/C10H20N/c1-2-3-9-11-10-7-5-4-6-8-10/h4,10-11H,2-3,5-9H2,1H3. The summed E-state index contributed by atoms with van der Waals surface area (Å²) in [5, 5.41) is 3.60. The number of hydrogen-bond acceptors (Lipinski definition) is 1. The first-order valence-electron chi connectivity index (χ1n) is 4.98. The molecular weight excluding hydrogens is 134 g/mol. The van der Waals surface area contributed by atoms with E-state index < -0.39 is 0 Å². The van der Waals surface area contributed by atoms with Gasteiger partial charge in [-0.2, -0.15) is 0 Å². The number of nitrogens with one attached hydrogen (secondary N) is 1. The van der Waals surface area contributed by atoms with Crippen LogP contribution in [0.25, 0.3) is 0 Å². The van der Waals surface area contributed by atoms with Gasteiger partial charge >= 0.3 is 0 Å². The Kier molecular flexibility index (Phi) is 4.60. The molecule has 1 nitrogen and oxygen atoms in total. The molecule has 0 unspecified atom stereocenters. The van der Waals surface area contributed by atoms with Crippen LogP contribution in [0.4, 0.5) is 0 Å². The summed E-state index contributed by atoms with van der Waals surface area (Å²) in [6.07, 6.45) is 10.4. The van der Waals surface area contributed by atoms with Crippen LogP contribution in [0.15, 0.2) is 0 Å². The first-order valence-corrected chi connectivity index (χ1v) is 4.98. The topological polar surface area (TPSA) is 12.0 Å². The van der Waals surface area contributed by atoms with Crippen molar-refractivity contribution in [2.75, 3.05) is 6.54 Å². The minimum atomic E-state index is 0.826. The van der Waals surface area contributed by atoms with Crippen molar-refractivity contribution in [3.8, 4) is 0 Å². The molecule has 11 heavy (non-hydrogen) atoms. The van der Waals surface area contributed by atoms with Crippen LogP contribution in [-0.4, -0.2) is 12.6 Å². The van der Waals surface area contributed by atoms with Crippen molar-refractivity contribution in [2.45, 2.75) is 51.5 Å². The summed E-state index contributed by atoms with van der Waals surface area (Å²) < 4.78 is 0. The van der Waals surface area contributed by atoms with E-state index in [-0.39, 0.29) is 0 Å². The molecular formula is C10H20N. The molecule has 0 heterocycles. The smallest absolute Gasteiger partial charge is 0.00672 e. The summed E-state index contributed by atoms with van der Waals surface area (Å²) in [7, 11) is 0. The van der Waals surface area contributed by atoms with Crippen molar-refractivity contribution >= 4 is 0 Å². The summed E-state index contributed by atoms with van der Waals surface area (Å²) in [5.41, 5.74) is 0. The molecule has 0 amide bonds. The van der Waals surface area contributed by atoms with E-state index in [0.29, 0.717) is 0 Å². The van der Waals surface area contributed by atoms with Gasteiger partial charge in [-0.1, -0.05) is 13.3 Å². The molecule has 0 bridgehead atoms. The molecule has 1 N–H and O–H groups in total. The third-order valence-electron chi connectivity index (χ3n) is 2.40. The van der Waals surface area contributed by atoms with Gasteiger partial charge in [0.1, 0.15) is 0 Å².